The van der Waals surface area contributed by atoms with Gasteiger partial charge in [0.15, 0.2) is 0 Å². The molecule has 4 rings (SSSR count). The number of esters is 1. The van der Waals surface area contributed by atoms with Crippen molar-refractivity contribution in [3.8, 4) is 0 Å². The average Bonchev–Trinajstić information content (AvgIpc) is 3.35. The van der Waals surface area contributed by atoms with E-state index in [4.69, 9.17) is 9.15 Å². The molecule has 150 valence electrons. The van der Waals surface area contributed by atoms with E-state index >= 15 is 0 Å². The molecule has 6 nitrogen and oxygen atoms in total. The van der Waals surface area contributed by atoms with Crippen LogP contribution >= 0.6 is 0 Å². The van der Waals surface area contributed by atoms with Crippen molar-refractivity contribution in [2.45, 2.75) is 38.8 Å². The summed E-state index contributed by atoms with van der Waals surface area (Å²) in [7, 11) is 1.34. The summed E-state index contributed by atoms with van der Waals surface area (Å²) >= 11 is 0. The number of hydrogen-bond donors (Lipinski definition) is 1. The molecule has 3 heterocycles. The second kappa shape index (κ2) is 7.28. The molecular weight excluding hydrogens is 368 g/mol. The van der Waals surface area contributed by atoms with Crippen molar-refractivity contribution in [3.63, 3.8) is 0 Å². The first-order chi connectivity index (χ1) is 14.0. The molecule has 6 heteroatoms. The number of amides is 1. The lowest BCUT2D eigenvalue weighted by Gasteiger charge is -2.39. The molecule has 2 atom stereocenters. The largest absolute Gasteiger partial charge is 0.467 e. The first-order valence-electron chi connectivity index (χ1n) is 9.70. The molecule has 0 radical (unpaired) electrons. The highest BCUT2D eigenvalue weighted by atomic mass is 16.5. The number of benzene rings is 1. The van der Waals surface area contributed by atoms with Gasteiger partial charge in [0, 0.05) is 29.3 Å². The van der Waals surface area contributed by atoms with Crippen molar-refractivity contribution in [1.29, 1.82) is 0 Å². The molecule has 1 aliphatic heterocycles. The number of furan rings is 1. The Morgan fingerprint density at radius 1 is 1.28 bits per heavy atom. The molecule has 0 aliphatic carbocycles. The number of rotatable bonds is 4. The molecule has 1 aliphatic rings. The maximum atomic E-state index is 13.2. The topological polar surface area (TPSA) is 75.5 Å². The molecule has 0 unspecified atom stereocenters. The fourth-order valence-corrected chi connectivity index (χ4v) is 4.11. The highest BCUT2D eigenvalue weighted by Crippen LogP contribution is 2.42. The summed E-state index contributed by atoms with van der Waals surface area (Å²) in [5, 5.41) is 1.03. The minimum absolute atomic E-state index is 0.302. The first kappa shape index (κ1) is 19.1. The number of fused-ring (bicyclic) bond motifs is 3. The molecule has 29 heavy (non-hydrogen) atoms. The fraction of sp³-hybridized carbons (Fsp3) is 0.304. The van der Waals surface area contributed by atoms with E-state index in [0.717, 1.165) is 34.3 Å². The van der Waals surface area contributed by atoms with Gasteiger partial charge in [0.1, 0.15) is 23.6 Å². The van der Waals surface area contributed by atoms with Gasteiger partial charge in [0.05, 0.1) is 12.8 Å². The Kier molecular flexibility index (Phi) is 4.78. The van der Waals surface area contributed by atoms with Crippen molar-refractivity contribution in [2.75, 3.05) is 7.11 Å². The number of hydrogen-bond acceptors (Lipinski definition) is 4. The van der Waals surface area contributed by atoms with Crippen molar-refractivity contribution in [2.24, 2.45) is 0 Å². The Balaban J connectivity index is 1.98. The molecular formula is C23H24N2O4. The summed E-state index contributed by atoms with van der Waals surface area (Å²) in [6.45, 7) is 7.47. The third-order valence-corrected chi connectivity index (χ3v) is 5.50. The van der Waals surface area contributed by atoms with Gasteiger partial charge in [-0.15, -0.1) is 0 Å². The molecule has 0 bridgehead atoms. The van der Waals surface area contributed by atoms with E-state index in [0.29, 0.717) is 17.8 Å². The van der Waals surface area contributed by atoms with E-state index in [9.17, 15) is 9.59 Å². The predicted molar refractivity (Wildman–Crippen MR) is 109 cm³/mol. The summed E-state index contributed by atoms with van der Waals surface area (Å²) in [6, 6.07) is 10.4. The standard InChI is InChI=1S/C23H24N2O4/c1-5-14-10-11-19(29-14)21-20-16(15-8-6-7-9-17(15)24-20)12-18(23(27)28-4)25(21)22(26)13(2)3/h6-11,18,21,24H,2,5,12H2,1,3-4H3/t18-,21-/m0/s1. The zero-order chi connectivity index (χ0) is 20.7. The minimum atomic E-state index is -0.768. The van der Waals surface area contributed by atoms with Crippen molar-refractivity contribution < 1.29 is 18.7 Å². The monoisotopic (exact) mass is 392 g/mol. The number of nitrogens with one attached hydrogen (secondary N) is 1. The van der Waals surface area contributed by atoms with Gasteiger partial charge in [-0.25, -0.2) is 4.79 Å². The van der Waals surface area contributed by atoms with Crippen LogP contribution in [0.5, 0.6) is 0 Å². The zero-order valence-electron chi connectivity index (χ0n) is 16.8. The van der Waals surface area contributed by atoms with Gasteiger partial charge in [0.25, 0.3) is 5.91 Å². The first-order valence-corrected chi connectivity index (χ1v) is 9.70. The van der Waals surface area contributed by atoms with Gasteiger partial charge in [0.2, 0.25) is 0 Å². The van der Waals surface area contributed by atoms with Crippen LogP contribution in [-0.4, -0.2) is 34.9 Å². The molecule has 0 saturated heterocycles. The van der Waals surface area contributed by atoms with Gasteiger partial charge in [-0.1, -0.05) is 31.7 Å². The van der Waals surface area contributed by atoms with Crippen LogP contribution in [0, 0.1) is 0 Å². The molecule has 0 fully saturated rings. The summed E-state index contributed by atoms with van der Waals surface area (Å²) in [5.41, 5.74) is 3.17. The number of ether oxygens (including phenoxy) is 1. The number of aryl methyl sites for hydroxylation is 1. The third-order valence-electron chi connectivity index (χ3n) is 5.50. The molecule has 0 spiro atoms. The molecule has 1 aromatic carbocycles. The van der Waals surface area contributed by atoms with Crippen LogP contribution in [0.4, 0.5) is 0 Å². The highest BCUT2D eigenvalue weighted by molar-refractivity contribution is 5.97. The number of carbonyl (C=O) groups is 2. The number of aromatic amines is 1. The number of para-hydroxylation sites is 1. The fourth-order valence-electron chi connectivity index (χ4n) is 4.11. The van der Waals surface area contributed by atoms with Gasteiger partial charge in [-0.2, -0.15) is 0 Å². The minimum Gasteiger partial charge on any atom is -0.467 e. The van der Waals surface area contributed by atoms with Crippen LogP contribution in [0.25, 0.3) is 10.9 Å². The zero-order valence-corrected chi connectivity index (χ0v) is 16.8. The maximum Gasteiger partial charge on any atom is 0.328 e. The quantitative estimate of drug-likeness (QED) is 0.539. The van der Waals surface area contributed by atoms with Gasteiger partial charge in [-0.3, -0.25) is 4.79 Å². The SMILES string of the molecule is C=C(C)C(=O)N1[C@@H](c2ccc(CC)o2)c2[nH]c3ccccc3c2C[C@H]1C(=O)OC. The smallest absolute Gasteiger partial charge is 0.328 e. The Hall–Kier alpha value is -3.28. The van der Waals surface area contributed by atoms with E-state index in [1.807, 2.05) is 43.3 Å². The van der Waals surface area contributed by atoms with Crippen molar-refractivity contribution >= 4 is 22.8 Å². The van der Waals surface area contributed by atoms with Gasteiger partial charge >= 0.3 is 5.97 Å². The highest BCUT2D eigenvalue weighted by Gasteiger charge is 2.45. The van der Waals surface area contributed by atoms with Crippen molar-refractivity contribution in [1.82, 2.24) is 9.88 Å². The summed E-state index contributed by atoms with van der Waals surface area (Å²) < 4.78 is 11.1. The van der Waals surface area contributed by atoms with Crippen LogP contribution in [0.3, 0.4) is 0 Å². The van der Waals surface area contributed by atoms with E-state index in [1.54, 1.807) is 11.8 Å². The number of nitrogens with zero attached hydrogens (tertiary/aromatic N) is 1. The predicted octanol–water partition coefficient (Wildman–Crippen LogP) is 3.92. The second-order valence-electron chi connectivity index (χ2n) is 7.36. The maximum absolute atomic E-state index is 13.2. The summed E-state index contributed by atoms with van der Waals surface area (Å²) in [5.74, 6) is 0.672. The number of methoxy groups -OCH3 is 1. The van der Waals surface area contributed by atoms with Gasteiger partial charge < -0.3 is 19.0 Å². The normalized spacial score (nSPS) is 18.5. The van der Waals surface area contributed by atoms with E-state index in [2.05, 4.69) is 11.6 Å². The molecule has 0 saturated carbocycles. The molecule has 1 amide bonds. The lowest BCUT2D eigenvalue weighted by Crippen LogP contribution is -2.52. The Morgan fingerprint density at radius 3 is 2.69 bits per heavy atom. The Bertz CT molecular complexity index is 1110. The van der Waals surface area contributed by atoms with Crippen LogP contribution in [0.2, 0.25) is 0 Å². The third kappa shape index (κ3) is 3.05. The van der Waals surface area contributed by atoms with Gasteiger partial charge in [-0.05, 0) is 30.7 Å². The van der Waals surface area contributed by atoms with Crippen LogP contribution in [-0.2, 0) is 27.2 Å². The molecule has 3 aromatic rings. The lowest BCUT2D eigenvalue weighted by molar-refractivity contribution is -0.154. The van der Waals surface area contributed by atoms with Crippen LogP contribution < -0.4 is 0 Å². The van der Waals surface area contributed by atoms with Crippen LogP contribution in [0.15, 0.2) is 53.0 Å². The van der Waals surface area contributed by atoms with E-state index in [-0.39, 0.29) is 5.91 Å². The second-order valence-corrected chi connectivity index (χ2v) is 7.36. The Morgan fingerprint density at radius 2 is 2.03 bits per heavy atom. The van der Waals surface area contributed by atoms with Crippen LogP contribution in [0.1, 0.15) is 42.7 Å². The molecule has 2 aromatic heterocycles. The lowest BCUT2D eigenvalue weighted by atomic mass is 9.89. The van der Waals surface area contributed by atoms with Crippen molar-refractivity contribution in [3.05, 3.63) is 71.3 Å². The van der Waals surface area contributed by atoms with E-state index in [1.165, 1.54) is 7.11 Å². The Labute approximate surface area is 169 Å². The average molecular weight is 392 g/mol. The number of aromatic nitrogens is 1. The molecule has 1 N–H and O–H groups in total. The van der Waals surface area contributed by atoms with E-state index < -0.39 is 18.1 Å². The number of H-pyrrole nitrogens is 1. The number of carbonyl (C=O) groups excluding carboxylic acids is 2. The summed E-state index contributed by atoms with van der Waals surface area (Å²) in [6.07, 6.45) is 1.10. The summed E-state index contributed by atoms with van der Waals surface area (Å²) in [4.78, 5) is 30.9.